The molecule has 0 amide bonds. The van der Waals surface area contributed by atoms with E-state index in [-0.39, 0.29) is 36.0 Å². The zero-order valence-corrected chi connectivity index (χ0v) is 15.8. The lowest BCUT2D eigenvalue weighted by Crippen LogP contribution is -2.24. The van der Waals surface area contributed by atoms with Crippen molar-refractivity contribution in [1.82, 2.24) is 0 Å². The molecule has 0 saturated carbocycles. The van der Waals surface area contributed by atoms with E-state index >= 15 is 0 Å². The van der Waals surface area contributed by atoms with Crippen LogP contribution >= 0.6 is 0 Å². The van der Waals surface area contributed by atoms with Gasteiger partial charge >= 0.3 is 0 Å². The van der Waals surface area contributed by atoms with Crippen LogP contribution < -0.4 is 0 Å². The van der Waals surface area contributed by atoms with Gasteiger partial charge in [0.25, 0.3) is 0 Å². The standard InChI is InChI=1S/C20H31NO3/c1-13(10-22)17-11-24-18(21-17)14-7-15(19(2,3)4)9-16(8-14)20(5,6)12-23/h7-9,13,17,22-23H,10-12H2,1-6H3/t13-,17-/m1/s1. The smallest absolute Gasteiger partial charge is 0.216 e. The molecule has 0 aliphatic carbocycles. The maximum Gasteiger partial charge on any atom is 0.216 e. The molecule has 0 spiro atoms. The molecule has 1 aliphatic heterocycles. The van der Waals surface area contributed by atoms with E-state index in [9.17, 15) is 10.2 Å². The van der Waals surface area contributed by atoms with Gasteiger partial charge in [0.05, 0.1) is 12.6 Å². The Kier molecular flexibility index (Phi) is 5.41. The van der Waals surface area contributed by atoms with E-state index in [0.717, 1.165) is 11.1 Å². The topological polar surface area (TPSA) is 62.0 Å². The van der Waals surface area contributed by atoms with E-state index in [4.69, 9.17) is 4.74 Å². The minimum atomic E-state index is -0.326. The summed E-state index contributed by atoms with van der Waals surface area (Å²) >= 11 is 0. The van der Waals surface area contributed by atoms with Crippen LogP contribution in [0.3, 0.4) is 0 Å². The maximum absolute atomic E-state index is 9.75. The summed E-state index contributed by atoms with van der Waals surface area (Å²) in [7, 11) is 0. The summed E-state index contributed by atoms with van der Waals surface area (Å²) in [5.41, 5.74) is 2.89. The minimum Gasteiger partial charge on any atom is -0.475 e. The average molecular weight is 333 g/mol. The second-order valence-corrected chi connectivity index (χ2v) is 8.56. The van der Waals surface area contributed by atoms with Crippen molar-refractivity contribution >= 4 is 5.90 Å². The van der Waals surface area contributed by atoms with Gasteiger partial charge in [0.2, 0.25) is 5.90 Å². The van der Waals surface area contributed by atoms with E-state index in [2.05, 4.69) is 44.0 Å². The Bertz CT molecular complexity index is 614. The average Bonchev–Trinajstić information content (AvgIpc) is 3.02. The summed E-state index contributed by atoms with van der Waals surface area (Å²) in [5.74, 6) is 0.725. The fourth-order valence-corrected chi connectivity index (χ4v) is 2.63. The number of benzene rings is 1. The van der Waals surface area contributed by atoms with Crippen LogP contribution in [-0.2, 0) is 15.6 Å². The fourth-order valence-electron chi connectivity index (χ4n) is 2.63. The van der Waals surface area contributed by atoms with Crippen molar-refractivity contribution in [2.45, 2.75) is 58.4 Å². The maximum atomic E-state index is 9.75. The van der Waals surface area contributed by atoms with E-state index in [1.54, 1.807) is 0 Å². The van der Waals surface area contributed by atoms with Gasteiger partial charge in [0.1, 0.15) is 6.61 Å². The molecule has 0 fully saturated rings. The normalized spacial score (nSPS) is 19.8. The lowest BCUT2D eigenvalue weighted by atomic mass is 9.79. The molecule has 1 aromatic rings. The van der Waals surface area contributed by atoms with Gasteiger partial charge in [-0.1, -0.05) is 47.6 Å². The molecule has 0 bridgehead atoms. The molecular formula is C20H31NO3. The highest BCUT2D eigenvalue weighted by atomic mass is 16.5. The summed E-state index contributed by atoms with van der Waals surface area (Å²) in [4.78, 5) is 4.67. The predicted octanol–water partition coefficient (Wildman–Crippen LogP) is 3.03. The van der Waals surface area contributed by atoms with Gasteiger partial charge in [-0.2, -0.15) is 0 Å². The third-order valence-corrected chi connectivity index (χ3v) is 4.84. The summed E-state index contributed by atoms with van der Waals surface area (Å²) in [6.07, 6.45) is 0. The lowest BCUT2D eigenvalue weighted by molar-refractivity contribution is 0.195. The van der Waals surface area contributed by atoms with Gasteiger partial charge in [-0.25, -0.2) is 4.99 Å². The van der Waals surface area contributed by atoms with Crippen LogP contribution in [0.25, 0.3) is 0 Å². The molecular weight excluding hydrogens is 302 g/mol. The third kappa shape index (κ3) is 3.98. The third-order valence-electron chi connectivity index (χ3n) is 4.84. The molecule has 1 aliphatic rings. The molecule has 0 aromatic heterocycles. The Morgan fingerprint density at radius 2 is 1.75 bits per heavy atom. The first-order chi connectivity index (χ1) is 11.1. The summed E-state index contributed by atoms with van der Waals surface area (Å²) < 4.78 is 5.82. The number of hydrogen-bond donors (Lipinski definition) is 2. The number of rotatable bonds is 5. The highest BCUT2D eigenvalue weighted by Crippen LogP contribution is 2.31. The first-order valence-corrected chi connectivity index (χ1v) is 8.67. The van der Waals surface area contributed by atoms with Gasteiger partial charge in [-0.15, -0.1) is 0 Å². The molecule has 4 nitrogen and oxygen atoms in total. The molecule has 2 N–H and O–H groups in total. The molecule has 0 radical (unpaired) electrons. The number of nitrogens with zero attached hydrogens (tertiary/aromatic N) is 1. The number of aliphatic imine (C=N–C) groups is 1. The van der Waals surface area contributed by atoms with Crippen molar-refractivity contribution in [3.05, 3.63) is 34.9 Å². The first kappa shape index (κ1) is 18.9. The molecule has 1 aromatic carbocycles. The molecule has 4 heteroatoms. The summed E-state index contributed by atoms with van der Waals surface area (Å²) in [6, 6.07) is 6.36. The van der Waals surface area contributed by atoms with E-state index < -0.39 is 0 Å². The molecule has 2 rings (SSSR count). The molecule has 2 atom stereocenters. The monoisotopic (exact) mass is 333 g/mol. The van der Waals surface area contributed by atoms with Gasteiger partial charge in [-0.3, -0.25) is 0 Å². The lowest BCUT2D eigenvalue weighted by Gasteiger charge is -2.27. The van der Waals surface area contributed by atoms with Crippen molar-refractivity contribution in [3.63, 3.8) is 0 Å². The van der Waals surface area contributed by atoms with Crippen molar-refractivity contribution < 1.29 is 14.9 Å². The number of hydrogen-bond acceptors (Lipinski definition) is 4. The Balaban J connectivity index is 2.49. The SMILES string of the molecule is C[C@H](CO)[C@H]1COC(c2cc(C(C)(C)C)cc(C(C)(C)CO)c2)=N1. The quantitative estimate of drug-likeness (QED) is 0.871. The molecule has 134 valence electrons. The molecule has 24 heavy (non-hydrogen) atoms. The van der Waals surface area contributed by atoms with Crippen LogP contribution in [0.5, 0.6) is 0 Å². The zero-order chi connectivity index (χ0) is 18.1. The largest absolute Gasteiger partial charge is 0.475 e. The van der Waals surface area contributed by atoms with E-state index in [1.165, 1.54) is 5.56 Å². The highest BCUT2D eigenvalue weighted by molar-refractivity contribution is 5.95. The zero-order valence-electron chi connectivity index (χ0n) is 15.8. The van der Waals surface area contributed by atoms with Crippen LogP contribution in [0.4, 0.5) is 0 Å². The second kappa shape index (κ2) is 6.85. The van der Waals surface area contributed by atoms with Crippen LogP contribution in [0.1, 0.15) is 58.2 Å². The minimum absolute atomic E-state index is 0.00223. The molecule has 1 heterocycles. The second-order valence-electron chi connectivity index (χ2n) is 8.56. The molecule has 0 saturated heterocycles. The molecule has 0 unspecified atom stereocenters. The first-order valence-electron chi connectivity index (χ1n) is 8.67. The number of aliphatic hydroxyl groups excluding tert-OH is 2. The van der Waals surface area contributed by atoms with Crippen LogP contribution in [0, 0.1) is 5.92 Å². The van der Waals surface area contributed by atoms with Gasteiger partial charge in [0, 0.05) is 23.5 Å². The Morgan fingerprint density at radius 3 is 2.29 bits per heavy atom. The Hall–Kier alpha value is -1.39. The number of ether oxygens (including phenoxy) is 1. The summed E-state index contributed by atoms with van der Waals surface area (Å²) in [5, 5.41) is 19.1. The van der Waals surface area contributed by atoms with Gasteiger partial charge in [0.15, 0.2) is 0 Å². The van der Waals surface area contributed by atoms with Crippen LogP contribution in [0.2, 0.25) is 0 Å². The van der Waals surface area contributed by atoms with Crippen molar-refractivity contribution in [2.75, 3.05) is 19.8 Å². The van der Waals surface area contributed by atoms with Crippen LogP contribution in [0.15, 0.2) is 23.2 Å². The van der Waals surface area contributed by atoms with Crippen molar-refractivity contribution in [2.24, 2.45) is 10.9 Å². The fraction of sp³-hybridized carbons (Fsp3) is 0.650. The van der Waals surface area contributed by atoms with E-state index in [1.807, 2.05) is 20.8 Å². The Morgan fingerprint density at radius 1 is 1.12 bits per heavy atom. The number of aliphatic hydroxyl groups is 2. The van der Waals surface area contributed by atoms with Crippen molar-refractivity contribution in [3.8, 4) is 0 Å². The van der Waals surface area contributed by atoms with Crippen molar-refractivity contribution in [1.29, 1.82) is 0 Å². The van der Waals surface area contributed by atoms with Gasteiger partial charge in [-0.05, 0) is 28.7 Å². The van der Waals surface area contributed by atoms with Crippen LogP contribution in [-0.4, -0.2) is 42.0 Å². The summed E-state index contributed by atoms with van der Waals surface area (Å²) in [6.45, 7) is 13.3. The van der Waals surface area contributed by atoms with Gasteiger partial charge < -0.3 is 14.9 Å². The Labute approximate surface area is 145 Å². The predicted molar refractivity (Wildman–Crippen MR) is 97.8 cm³/mol. The highest BCUT2D eigenvalue weighted by Gasteiger charge is 2.28. The van der Waals surface area contributed by atoms with E-state index in [0.29, 0.717) is 12.5 Å².